The molecule has 0 fully saturated rings. The molecule has 0 aliphatic rings. The van der Waals surface area contributed by atoms with Crippen LogP contribution in [0.3, 0.4) is 0 Å². The van der Waals surface area contributed by atoms with E-state index in [9.17, 15) is 0 Å². The van der Waals surface area contributed by atoms with E-state index in [0.717, 1.165) is 11.2 Å². The topological polar surface area (TPSA) is 38.7 Å². The summed E-state index contributed by atoms with van der Waals surface area (Å²) in [4.78, 5) is 4.36. The fourth-order valence-corrected chi connectivity index (χ4v) is 1.95. The lowest BCUT2D eigenvalue weighted by molar-refractivity contribution is 0.790. The van der Waals surface area contributed by atoms with Crippen molar-refractivity contribution in [1.29, 1.82) is 0 Å². The molecular weight excluding hydrogens is 198 g/mol. The number of nitrogens with zero attached hydrogens (tertiary/aromatic N) is 3. The monoisotopic (exact) mass is 215 g/mol. The first-order valence-corrected chi connectivity index (χ1v) is 5.71. The van der Waals surface area contributed by atoms with Gasteiger partial charge in [-0.05, 0) is 23.5 Å². The Bertz CT molecular complexity index is 461. The molecule has 2 rings (SSSR count). The first-order valence-electron chi connectivity index (χ1n) is 5.71. The fraction of sp³-hybridized carbons (Fsp3) is 0.462. The Morgan fingerprint density at radius 1 is 1.06 bits per heavy atom. The van der Waals surface area contributed by atoms with Crippen LogP contribution in [0.25, 0.3) is 10.9 Å². The van der Waals surface area contributed by atoms with Gasteiger partial charge in [0.05, 0.1) is 17.4 Å². The van der Waals surface area contributed by atoms with E-state index in [1.807, 2.05) is 6.20 Å². The Balaban J connectivity index is 2.82. The lowest BCUT2D eigenvalue weighted by atomic mass is 9.95. The molecule has 3 heteroatoms. The van der Waals surface area contributed by atoms with Crippen LogP contribution in [0, 0.1) is 0 Å². The maximum Gasteiger partial charge on any atom is 0.0925 e. The van der Waals surface area contributed by atoms with Crippen LogP contribution >= 0.6 is 0 Å². The van der Waals surface area contributed by atoms with E-state index in [4.69, 9.17) is 0 Å². The molecule has 3 nitrogen and oxygen atoms in total. The molecule has 0 saturated carbocycles. The van der Waals surface area contributed by atoms with Gasteiger partial charge in [0, 0.05) is 11.6 Å². The van der Waals surface area contributed by atoms with E-state index >= 15 is 0 Å². The van der Waals surface area contributed by atoms with Crippen molar-refractivity contribution in [1.82, 2.24) is 15.2 Å². The Morgan fingerprint density at radius 2 is 1.81 bits per heavy atom. The molecule has 0 radical (unpaired) electrons. The molecule has 2 aromatic rings. The molecule has 0 aliphatic carbocycles. The van der Waals surface area contributed by atoms with Crippen molar-refractivity contribution in [2.75, 3.05) is 0 Å². The van der Waals surface area contributed by atoms with Crippen LogP contribution in [-0.2, 0) is 0 Å². The summed E-state index contributed by atoms with van der Waals surface area (Å²) in [5.41, 5.74) is 3.31. The van der Waals surface area contributed by atoms with E-state index < -0.39 is 0 Å². The summed E-state index contributed by atoms with van der Waals surface area (Å²) in [6.07, 6.45) is 3.59. The summed E-state index contributed by atoms with van der Waals surface area (Å²) in [5.74, 6) is 0.852. The minimum atomic E-state index is 0.373. The third kappa shape index (κ3) is 1.77. The van der Waals surface area contributed by atoms with Crippen molar-refractivity contribution in [2.45, 2.75) is 39.5 Å². The van der Waals surface area contributed by atoms with Gasteiger partial charge in [0.25, 0.3) is 0 Å². The highest BCUT2D eigenvalue weighted by Gasteiger charge is 2.13. The highest BCUT2D eigenvalue weighted by atomic mass is 15.1. The van der Waals surface area contributed by atoms with E-state index in [2.05, 4.69) is 48.9 Å². The predicted octanol–water partition coefficient (Wildman–Crippen LogP) is 3.27. The number of pyridine rings is 1. The minimum Gasteiger partial charge on any atom is -0.254 e. The van der Waals surface area contributed by atoms with Crippen LogP contribution in [-0.4, -0.2) is 15.2 Å². The summed E-state index contributed by atoms with van der Waals surface area (Å²) in [6.45, 7) is 8.67. The smallest absolute Gasteiger partial charge is 0.0925 e. The van der Waals surface area contributed by atoms with Gasteiger partial charge in [0.1, 0.15) is 0 Å². The lowest BCUT2D eigenvalue weighted by Crippen LogP contribution is -2.01. The second kappa shape index (κ2) is 4.16. The molecule has 0 saturated heterocycles. The largest absolute Gasteiger partial charge is 0.254 e. The van der Waals surface area contributed by atoms with Crippen LogP contribution < -0.4 is 0 Å². The van der Waals surface area contributed by atoms with Gasteiger partial charge in [0.15, 0.2) is 0 Å². The third-order valence-electron chi connectivity index (χ3n) is 2.78. The standard InChI is InChI=1S/C13H17N3/c1-8(2)10-5-6-14-11-7-15-16-13(9(3)4)12(10)11/h5-9H,1-4H3. The average molecular weight is 215 g/mol. The van der Waals surface area contributed by atoms with Crippen molar-refractivity contribution >= 4 is 10.9 Å². The molecule has 0 atom stereocenters. The summed E-state index contributed by atoms with van der Waals surface area (Å²) < 4.78 is 0. The quantitative estimate of drug-likeness (QED) is 0.771. The van der Waals surface area contributed by atoms with Crippen molar-refractivity contribution in [3.8, 4) is 0 Å². The predicted molar refractivity (Wildman–Crippen MR) is 65.5 cm³/mol. The zero-order valence-electron chi connectivity index (χ0n) is 10.2. The van der Waals surface area contributed by atoms with Gasteiger partial charge in [-0.1, -0.05) is 27.7 Å². The number of fused-ring (bicyclic) bond motifs is 1. The van der Waals surface area contributed by atoms with Crippen LogP contribution in [0.2, 0.25) is 0 Å². The molecule has 16 heavy (non-hydrogen) atoms. The molecular formula is C13H17N3. The first kappa shape index (κ1) is 11.0. The molecule has 0 amide bonds. The van der Waals surface area contributed by atoms with Gasteiger partial charge in [-0.15, -0.1) is 0 Å². The van der Waals surface area contributed by atoms with E-state index in [1.165, 1.54) is 10.9 Å². The SMILES string of the molecule is CC(C)c1ccnc2cnnc(C(C)C)c12. The maximum atomic E-state index is 4.36. The Hall–Kier alpha value is -1.51. The second-order valence-electron chi connectivity index (χ2n) is 4.70. The van der Waals surface area contributed by atoms with Crippen molar-refractivity contribution in [2.24, 2.45) is 0 Å². The van der Waals surface area contributed by atoms with Gasteiger partial charge < -0.3 is 0 Å². The van der Waals surface area contributed by atoms with Gasteiger partial charge >= 0.3 is 0 Å². The average Bonchev–Trinajstić information content (AvgIpc) is 2.27. The molecule has 0 N–H and O–H groups in total. The summed E-state index contributed by atoms with van der Waals surface area (Å²) >= 11 is 0. The second-order valence-corrected chi connectivity index (χ2v) is 4.70. The van der Waals surface area contributed by atoms with E-state index in [1.54, 1.807) is 6.20 Å². The molecule has 0 aromatic carbocycles. The zero-order valence-corrected chi connectivity index (χ0v) is 10.2. The highest BCUT2D eigenvalue weighted by molar-refractivity contribution is 5.84. The lowest BCUT2D eigenvalue weighted by Gasteiger charge is -2.13. The van der Waals surface area contributed by atoms with Gasteiger partial charge in [-0.3, -0.25) is 4.98 Å². The van der Waals surface area contributed by atoms with Gasteiger partial charge in [0.2, 0.25) is 0 Å². The molecule has 0 aliphatic heterocycles. The van der Waals surface area contributed by atoms with Crippen LogP contribution in [0.15, 0.2) is 18.5 Å². The molecule has 84 valence electrons. The minimum absolute atomic E-state index is 0.373. The van der Waals surface area contributed by atoms with Crippen LogP contribution in [0.5, 0.6) is 0 Å². The van der Waals surface area contributed by atoms with Crippen LogP contribution in [0.4, 0.5) is 0 Å². The zero-order chi connectivity index (χ0) is 11.7. The normalized spacial score (nSPS) is 11.6. The van der Waals surface area contributed by atoms with Crippen molar-refractivity contribution in [3.05, 3.63) is 29.7 Å². The van der Waals surface area contributed by atoms with E-state index in [-0.39, 0.29) is 0 Å². The van der Waals surface area contributed by atoms with Crippen molar-refractivity contribution in [3.63, 3.8) is 0 Å². The Kier molecular flexibility index (Phi) is 2.86. The Morgan fingerprint density at radius 3 is 2.44 bits per heavy atom. The molecule has 0 bridgehead atoms. The van der Waals surface area contributed by atoms with E-state index in [0.29, 0.717) is 11.8 Å². The first-order chi connectivity index (χ1) is 7.61. The fourth-order valence-electron chi connectivity index (χ4n) is 1.95. The Labute approximate surface area is 95.9 Å². The summed E-state index contributed by atoms with van der Waals surface area (Å²) in [5, 5.41) is 9.46. The summed E-state index contributed by atoms with van der Waals surface area (Å²) in [6, 6.07) is 2.08. The molecule has 2 heterocycles. The van der Waals surface area contributed by atoms with Gasteiger partial charge in [-0.2, -0.15) is 10.2 Å². The summed E-state index contributed by atoms with van der Waals surface area (Å²) in [7, 11) is 0. The third-order valence-corrected chi connectivity index (χ3v) is 2.78. The maximum absolute atomic E-state index is 4.36. The number of rotatable bonds is 2. The number of hydrogen-bond acceptors (Lipinski definition) is 3. The van der Waals surface area contributed by atoms with Crippen molar-refractivity contribution < 1.29 is 0 Å². The van der Waals surface area contributed by atoms with Crippen LogP contribution in [0.1, 0.15) is 50.8 Å². The number of hydrogen-bond donors (Lipinski definition) is 0. The molecule has 0 unspecified atom stereocenters. The molecule has 2 aromatic heterocycles. The highest BCUT2D eigenvalue weighted by Crippen LogP contribution is 2.28. The molecule has 0 spiro atoms. The van der Waals surface area contributed by atoms with Gasteiger partial charge in [-0.25, -0.2) is 0 Å². The number of aromatic nitrogens is 3.